The molecule has 0 aromatic heterocycles. The molecule has 1 heterocycles. The molecule has 3 nitrogen and oxygen atoms in total. The molecule has 1 fully saturated rings. The molecule has 1 N–H and O–H groups in total. The van der Waals surface area contributed by atoms with Gasteiger partial charge in [-0.3, -0.25) is 0 Å². The molecular formula is C15H21Cl2NO2S. The summed E-state index contributed by atoms with van der Waals surface area (Å²) in [4.78, 5) is 0. The van der Waals surface area contributed by atoms with Crippen molar-refractivity contribution in [3.05, 3.63) is 33.8 Å². The lowest BCUT2D eigenvalue weighted by atomic mass is 9.86. The van der Waals surface area contributed by atoms with Gasteiger partial charge in [0.25, 0.3) is 0 Å². The highest BCUT2D eigenvalue weighted by Crippen LogP contribution is 2.31. The van der Waals surface area contributed by atoms with Crippen molar-refractivity contribution in [2.45, 2.75) is 19.8 Å². The Morgan fingerprint density at radius 3 is 2.76 bits per heavy atom. The van der Waals surface area contributed by atoms with Crippen molar-refractivity contribution < 1.29 is 8.42 Å². The van der Waals surface area contributed by atoms with Crippen molar-refractivity contribution in [2.75, 3.05) is 24.6 Å². The minimum atomic E-state index is -2.86. The van der Waals surface area contributed by atoms with E-state index >= 15 is 0 Å². The first-order valence-corrected chi connectivity index (χ1v) is 9.84. The molecule has 0 aliphatic carbocycles. The fourth-order valence-corrected chi connectivity index (χ4v) is 5.22. The Morgan fingerprint density at radius 2 is 2.14 bits per heavy atom. The predicted molar refractivity (Wildman–Crippen MR) is 89.0 cm³/mol. The zero-order valence-electron chi connectivity index (χ0n) is 12.1. The molecule has 0 saturated carbocycles. The van der Waals surface area contributed by atoms with Gasteiger partial charge in [0, 0.05) is 10.0 Å². The third-order valence-electron chi connectivity index (χ3n) is 4.08. The molecule has 1 aromatic rings. The van der Waals surface area contributed by atoms with Crippen molar-refractivity contribution in [3.63, 3.8) is 0 Å². The Morgan fingerprint density at radius 1 is 1.38 bits per heavy atom. The van der Waals surface area contributed by atoms with Crippen LogP contribution in [0.3, 0.4) is 0 Å². The van der Waals surface area contributed by atoms with Crippen molar-refractivity contribution >= 4 is 33.0 Å². The van der Waals surface area contributed by atoms with Crippen LogP contribution in [0.1, 0.15) is 18.9 Å². The lowest BCUT2D eigenvalue weighted by Crippen LogP contribution is -2.30. The van der Waals surface area contributed by atoms with Crippen LogP contribution in [0.25, 0.3) is 0 Å². The Balaban J connectivity index is 2.14. The van der Waals surface area contributed by atoms with Gasteiger partial charge in [-0.05, 0) is 61.5 Å². The molecule has 6 heteroatoms. The molecule has 0 bridgehead atoms. The van der Waals surface area contributed by atoms with Gasteiger partial charge in [0.1, 0.15) is 0 Å². The number of rotatable bonds is 6. The summed E-state index contributed by atoms with van der Waals surface area (Å²) in [6.07, 6.45) is 1.50. The van der Waals surface area contributed by atoms with Gasteiger partial charge < -0.3 is 5.32 Å². The highest BCUT2D eigenvalue weighted by molar-refractivity contribution is 7.91. The largest absolute Gasteiger partial charge is 0.317 e. The molecule has 1 aromatic carbocycles. The van der Waals surface area contributed by atoms with Crippen molar-refractivity contribution in [1.82, 2.24) is 5.32 Å². The van der Waals surface area contributed by atoms with Crippen LogP contribution in [-0.4, -0.2) is 33.0 Å². The van der Waals surface area contributed by atoms with Gasteiger partial charge in [0.05, 0.1) is 11.5 Å². The Hall–Kier alpha value is -0.290. The van der Waals surface area contributed by atoms with E-state index in [1.807, 2.05) is 6.07 Å². The average Bonchev–Trinajstić information content (AvgIpc) is 2.78. The van der Waals surface area contributed by atoms with Crippen molar-refractivity contribution in [3.8, 4) is 0 Å². The van der Waals surface area contributed by atoms with E-state index < -0.39 is 9.84 Å². The zero-order chi connectivity index (χ0) is 15.5. The summed E-state index contributed by atoms with van der Waals surface area (Å²) < 4.78 is 23.5. The van der Waals surface area contributed by atoms with E-state index in [4.69, 9.17) is 23.2 Å². The average molecular weight is 350 g/mol. The van der Waals surface area contributed by atoms with Crippen molar-refractivity contribution in [2.24, 2.45) is 11.8 Å². The lowest BCUT2D eigenvalue weighted by Gasteiger charge is -2.23. The van der Waals surface area contributed by atoms with Gasteiger partial charge in [-0.1, -0.05) is 30.1 Å². The van der Waals surface area contributed by atoms with Crippen LogP contribution in [0.2, 0.25) is 10.0 Å². The van der Waals surface area contributed by atoms with Gasteiger partial charge in [-0.25, -0.2) is 8.42 Å². The molecule has 2 rings (SSSR count). The summed E-state index contributed by atoms with van der Waals surface area (Å²) in [6.45, 7) is 3.73. The van der Waals surface area contributed by atoms with Crippen LogP contribution in [0, 0.1) is 11.8 Å². The molecule has 2 unspecified atom stereocenters. The summed E-state index contributed by atoms with van der Waals surface area (Å²) >= 11 is 12.3. The summed E-state index contributed by atoms with van der Waals surface area (Å²) in [6, 6.07) is 5.45. The molecule has 1 aliphatic heterocycles. The molecule has 0 radical (unpaired) electrons. The standard InChI is InChI=1S/C15H21Cl2NO2S/c1-2-18-9-13(11-5-6-21(19,20)10-11)7-12-8-14(16)3-4-15(12)17/h3-4,8,11,13,18H,2,5-7,9-10H2,1H3. The minimum absolute atomic E-state index is 0.198. The Labute approximate surface area is 136 Å². The number of sulfone groups is 1. The molecule has 21 heavy (non-hydrogen) atoms. The molecular weight excluding hydrogens is 329 g/mol. The first kappa shape index (κ1) is 17.1. The number of halogens is 2. The second kappa shape index (κ2) is 7.32. The molecule has 0 amide bonds. The smallest absolute Gasteiger partial charge is 0.150 e. The molecule has 1 aliphatic rings. The highest BCUT2D eigenvalue weighted by Gasteiger charge is 2.33. The summed E-state index contributed by atoms with van der Waals surface area (Å²) in [5, 5.41) is 4.69. The monoisotopic (exact) mass is 349 g/mol. The van der Waals surface area contributed by atoms with Gasteiger partial charge >= 0.3 is 0 Å². The van der Waals surface area contributed by atoms with Gasteiger partial charge in [-0.15, -0.1) is 0 Å². The Bertz CT molecular complexity index is 589. The molecule has 1 saturated heterocycles. The first-order chi connectivity index (χ1) is 9.91. The second-order valence-electron chi connectivity index (χ2n) is 5.67. The zero-order valence-corrected chi connectivity index (χ0v) is 14.4. The third kappa shape index (κ3) is 4.85. The number of hydrogen-bond donors (Lipinski definition) is 1. The van der Waals surface area contributed by atoms with Crippen LogP contribution in [0.4, 0.5) is 0 Å². The third-order valence-corrected chi connectivity index (χ3v) is 6.48. The van der Waals surface area contributed by atoms with Crippen LogP contribution in [-0.2, 0) is 16.3 Å². The second-order valence-corrected chi connectivity index (χ2v) is 8.74. The summed E-state index contributed by atoms with van der Waals surface area (Å²) in [5.41, 5.74) is 0.997. The predicted octanol–water partition coefficient (Wildman–Crippen LogP) is 3.20. The van der Waals surface area contributed by atoms with E-state index in [1.165, 1.54) is 0 Å². The van der Waals surface area contributed by atoms with Crippen LogP contribution in [0.5, 0.6) is 0 Å². The Kier molecular flexibility index (Phi) is 5.95. The maximum absolute atomic E-state index is 11.7. The SMILES string of the molecule is CCNCC(Cc1cc(Cl)ccc1Cl)C1CCS(=O)(=O)C1. The fraction of sp³-hybridized carbons (Fsp3) is 0.600. The van der Waals surface area contributed by atoms with Crippen molar-refractivity contribution in [1.29, 1.82) is 0 Å². The number of benzene rings is 1. The van der Waals surface area contributed by atoms with E-state index in [9.17, 15) is 8.42 Å². The van der Waals surface area contributed by atoms with E-state index in [-0.39, 0.29) is 11.8 Å². The first-order valence-electron chi connectivity index (χ1n) is 7.26. The van der Waals surface area contributed by atoms with E-state index in [1.54, 1.807) is 12.1 Å². The number of nitrogens with one attached hydrogen (secondary N) is 1. The fourth-order valence-electron chi connectivity index (χ4n) is 2.91. The van der Waals surface area contributed by atoms with E-state index in [0.717, 1.165) is 31.5 Å². The lowest BCUT2D eigenvalue weighted by molar-refractivity contribution is 0.346. The van der Waals surface area contributed by atoms with E-state index in [2.05, 4.69) is 12.2 Å². The van der Waals surface area contributed by atoms with Gasteiger partial charge in [0.15, 0.2) is 9.84 Å². The molecule has 2 atom stereocenters. The van der Waals surface area contributed by atoms with Crippen LogP contribution >= 0.6 is 23.2 Å². The molecule has 0 spiro atoms. The number of hydrogen-bond acceptors (Lipinski definition) is 3. The van der Waals surface area contributed by atoms with Gasteiger partial charge in [0.2, 0.25) is 0 Å². The van der Waals surface area contributed by atoms with Crippen LogP contribution in [0.15, 0.2) is 18.2 Å². The summed E-state index contributed by atoms with van der Waals surface area (Å²) in [7, 11) is -2.86. The van der Waals surface area contributed by atoms with E-state index in [0.29, 0.717) is 21.6 Å². The quantitative estimate of drug-likeness (QED) is 0.857. The molecule has 118 valence electrons. The maximum atomic E-state index is 11.7. The maximum Gasteiger partial charge on any atom is 0.150 e. The summed E-state index contributed by atoms with van der Waals surface area (Å²) in [5.74, 6) is 1.06. The van der Waals surface area contributed by atoms with Gasteiger partial charge in [-0.2, -0.15) is 0 Å². The minimum Gasteiger partial charge on any atom is -0.317 e. The highest BCUT2D eigenvalue weighted by atomic mass is 35.5. The topological polar surface area (TPSA) is 46.2 Å². The normalized spacial score (nSPS) is 22.3. The van der Waals surface area contributed by atoms with Crippen LogP contribution < -0.4 is 5.32 Å².